The highest BCUT2D eigenvalue weighted by atomic mass is 31.2. The molecule has 0 bridgehead atoms. The molecule has 0 aromatic heterocycles. The average molecular weight is 268 g/mol. The van der Waals surface area contributed by atoms with Crippen LogP contribution < -0.4 is 4.52 Å². The van der Waals surface area contributed by atoms with Crippen LogP contribution in [0.1, 0.15) is 36.2 Å². The van der Waals surface area contributed by atoms with Crippen molar-refractivity contribution >= 4 is 13.4 Å². The van der Waals surface area contributed by atoms with Crippen LogP contribution in [0.4, 0.5) is 0 Å². The fourth-order valence-corrected chi connectivity index (χ4v) is 3.29. The standard InChI is InChI=1S/C13H17O4P/c1-3-16-18(15,4-2)17-12-7-5-6-10-8-9-11(14)13(10)12/h5-7H,3-4,8-9H2,1-2H3. The van der Waals surface area contributed by atoms with Crippen LogP contribution in [0, 0.1) is 0 Å². The third-order valence-corrected chi connectivity index (χ3v) is 4.86. The molecule has 0 aliphatic heterocycles. The molecule has 0 spiro atoms. The van der Waals surface area contributed by atoms with Crippen molar-refractivity contribution in [2.24, 2.45) is 0 Å². The monoisotopic (exact) mass is 268 g/mol. The van der Waals surface area contributed by atoms with E-state index in [-0.39, 0.29) is 5.78 Å². The van der Waals surface area contributed by atoms with Crippen LogP contribution in [0.25, 0.3) is 0 Å². The summed E-state index contributed by atoms with van der Waals surface area (Å²) in [5.41, 5.74) is 1.54. The molecule has 0 amide bonds. The smallest absolute Gasteiger partial charge is 0.378 e. The van der Waals surface area contributed by atoms with Gasteiger partial charge in [-0.25, -0.2) is 4.57 Å². The van der Waals surface area contributed by atoms with E-state index in [1.807, 2.05) is 12.1 Å². The second-order valence-electron chi connectivity index (χ2n) is 4.15. The summed E-state index contributed by atoms with van der Waals surface area (Å²) in [6.07, 6.45) is 1.52. The number of Topliss-reactive ketones (excluding diaryl/α,β-unsaturated/α-hetero) is 1. The normalized spacial score (nSPS) is 17.3. The van der Waals surface area contributed by atoms with Gasteiger partial charge in [0.05, 0.1) is 18.3 Å². The van der Waals surface area contributed by atoms with Crippen molar-refractivity contribution in [2.75, 3.05) is 12.8 Å². The lowest BCUT2D eigenvalue weighted by atomic mass is 10.1. The second kappa shape index (κ2) is 5.25. The topological polar surface area (TPSA) is 52.6 Å². The van der Waals surface area contributed by atoms with E-state index < -0.39 is 7.60 Å². The van der Waals surface area contributed by atoms with Crippen molar-refractivity contribution in [3.8, 4) is 5.75 Å². The molecule has 1 aromatic rings. The molecule has 1 unspecified atom stereocenters. The lowest BCUT2D eigenvalue weighted by Gasteiger charge is -2.18. The Labute approximate surface area is 107 Å². The lowest BCUT2D eigenvalue weighted by molar-refractivity contribution is 0.0993. The summed E-state index contributed by atoms with van der Waals surface area (Å²) in [4.78, 5) is 11.8. The highest BCUT2D eigenvalue weighted by Crippen LogP contribution is 2.49. The van der Waals surface area contributed by atoms with Gasteiger partial charge >= 0.3 is 7.60 Å². The zero-order chi connectivity index (χ0) is 13.2. The molecule has 5 heteroatoms. The zero-order valence-electron chi connectivity index (χ0n) is 10.6. The summed E-state index contributed by atoms with van der Waals surface area (Å²) in [6, 6.07) is 5.41. The van der Waals surface area contributed by atoms with Gasteiger partial charge in [0, 0.05) is 6.42 Å². The molecule has 0 N–H and O–H groups in total. The fraction of sp³-hybridized carbons (Fsp3) is 0.462. The van der Waals surface area contributed by atoms with Gasteiger partial charge in [0.15, 0.2) is 5.78 Å². The van der Waals surface area contributed by atoms with Crippen molar-refractivity contribution in [3.63, 3.8) is 0 Å². The Kier molecular flexibility index (Phi) is 3.88. The molecule has 0 saturated heterocycles. The summed E-state index contributed by atoms with van der Waals surface area (Å²) >= 11 is 0. The maximum absolute atomic E-state index is 12.3. The van der Waals surface area contributed by atoms with E-state index in [1.54, 1.807) is 19.9 Å². The Bertz CT molecular complexity index is 510. The summed E-state index contributed by atoms with van der Waals surface area (Å²) in [5, 5.41) is 0. The van der Waals surface area contributed by atoms with Crippen LogP contribution in [-0.2, 0) is 15.5 Å². The van der Waals surface area contributed by atoms with Crippen molar-refractivity contribution in [2.45, 2.75) is 26.7 Å². The molecule has 2 rings (SSSR count). The van der Waals surface area contributed by atoms with Crippen molar-refractivity contribution in [1.82, 2.24) is 0 Å². The Morgan fingerprint density at radius 3 is 2.72 bits per heavy atom. The van der Waals surface area contributed by atoms with Gasteiger partial charge in [-0.2, -0.15) is 0 Å². The Morgan fingerprint density at radius 1 is 1.28 bits per heavy atom. The van der Waals surface area contributed by atoms with E-state index in [9.17, 15) is 9.36 Å². The van der Waals surface area contributed by atoms with Gasteiger partial charge in [0.25, 0.3) is 0 Å². The number of carbonyl (C=O) groups is 1. The third-order valence-electron chi connectivity index (χ3n) is 2.96. The van der Waals surface area contributed by atoms with Gasteiger partial charge in [-0.05, 0) is 25.0 Å². The molecular formula is C13H17O4P. The summed E-state index contributed by atoms with van der Waals surface area (Å²) in [5.74, 6) is 0.452. The Balaban J connectivity index is 2.33. The molecule has 18 heavy (non-hydrogen) atoms. The van der Waals surface area contributed by atoms with E-state index in [0.717, 1.165) is 12.0 Å². The van der Waals surface area contributed by atoms with Gasteiger partial charge < -0.3 is 9.05 Å². The summed E-state index contributed by atoms with van der Waals surface area (Å²) < 4.78 is 23.0. The molecule has 0 saturated carbocycles. The number of fused-ring (bicyclic) bond motifs is 1. The number of hydrogen-bond acceptors (Lipinski definition) is 4. The molecule has 1 aliphatic rings. The highest BCUT2D eigenvalue weighted by Gasteiger charge is 2.29. The van der Waals surface area contributed by atoms with E-state index in [2.05, 4.69) is 0 Å². The maximum atomic E-state index is 12.3. The molecule has 1 aromatic carbocycles. The largest absolute Gasteiger partial charge is 0.424 e. The predicted octanol–water partition coefficient (Wildman–Crippen LogP) is 3.44. The van der Waals surface area contributed by atoms with Gasteiger partial charge in [0.2, 0.25) is 0 Å². The number of hydrogen-bond donors (Lipinski definition) is 0. The van der Waals surface area contributed by atoms with Crippen LogP contribution >= 0.6 is 7.60 Å². The quantitative estimate of drug-likeness (QED) is 0.767. The zero-order valence-corrected chi connectivity index (χ0v) is 11.5. The van der Waals surface area contributed by atoms with Gasteiger partial charge in [0.1, 0.15) is 5.75 Å². The van der Waals surface area contributed by atoms with E-state index in [4.69, 9.17) is 9.05 Å². The van der Waals surface area contributed by atoms with E-state index in [0.29, 0.717) is 30.5 Å². The summed E-state index contributed by atoms with van der Waals surface area (Å²) in [7, 11) is -3.13. The first-order valence-corrected chi connectivity index (χ1v) is 7.90. The Morgan fingerprint density at radius 2 is 2.06 bits per heavy atom. The molecule has 4 nitrogen and oxygen atoms in total. The van der Waals surface area contributed by atoms with Crippen molar-refractivity contribution in [1.29, 1.82) is 0 Å². The molecule has 98 valence electrons. The minimum absolute atomic E-state index is 0.0553. The Hall–Kier alpha value is -1.12. The highest BCUT2D eigenvalue weighted by molar-refractivity contribution is 7.54. The van der Waals surface area contributed by atoms with Crippen LogP contribution in [0.3, 0.4) is 0 Å². The number of rotatable bonds is 5. The first-order valence-electron chi connectivity index (χ1n) is 6.18. The summed E-state index contributed by atoms with van der Waals surface area (Å²) in [6.45, 7) is 3.85. The number of aryl methyl sites for hydroxylation is 1. The van der Waals surface area contributed by atoms with Crippen LogP contribution in [0.2, 0.25) is 0 Å². The molecule has 1 aliphatic carbocycles. The number of carbonyl (C=O) groups excluding carboxylic acids is 1. The molecule has 0 fully saturated rings. The minimum atomic E-state index is -3.13. The first-order chi connectivity index (χ1) is 8.59. The van der Waals surface area contributed by atoms with Crippen LogP contribution in [-0.4, -0.2) is 18.6 Å². The fourth-order valence-electron chi connectivity index (χ4n) is 2.08. The maximum Gasteiger partial charge on any atom is 0.378 e. The predicted molar refractivity (Wildman–Crippen MR) is 69.5 cm³/mol. The van der Waals surface area contributed by atoms with Crippen molar-refractivity contribution in [3.05, 3.63) is 29.3 Å². The minimum Gasteiger partial charge on any atom is -0.424 e. The number of ketones is 1. The SMILES string of the molecule is CCOP(=O)(CC)Oc1cccc2c1C(=O)CC2. The van der Waals surface area contributed by atoms with Gasteiger partial charge in [-0.1, -0.05) is 19.1 Å². The van der Waals surface area contributed by atoms with Crippen LogP contribution in [0.5, 0.6) is 5.75 Å². The molecule has 0 radical (unpaired) electrons. The third kappa shape index (κ3) is 2.50. The first kappa shape index (κ1) is 13.3. The van der Waals surface area contributed by atoms with Gasteiger partial charge in [-0.15, -0.1) is 0 Å². The van der Waals surface area contributed by atoms with Crippen LogP contribution in [0.15, 0.2) is 18.2 Å². The van der Waals surface area contributed by atoms with E-state index in [1.165, 1.54) is 0 Å². The molecular weight excluding hydrogens is 251 g/mol. The molecule has 0 heterocycles. The van der Waals surface area contributed by atoms with Gasteiger partial charge in [-0.3, -0.25) is 4.79 Å². The number of benzene rings is 1. The van der Waals surface area contributed by atoms with Crippen molar-refractivity contribution < 1.29 is 18.4 Å². The van der Waals surface area contributed by atoms with E-state index >= 15 is 0 Å². The average Bonchev–Trinajstić information content (AvgIpc) is 2.73. The second-order valence-corrected chi connectivity index (χ2v) is 6.44. The lowest BCUT2D eigenvalue weighted by Crippen LogP contribution is -2.04. The molecule has 1 atom stereocenters.